The molecule has 0 aliphatic rings. The largest absolute Gasteiger partial charge is 0.488 e. The average Bonchev–Trinajstić information content (AvgIpc) is 2.46. The molecule has 0 heterocycles. The molecule has 0 saturated heterocycles. The Morgan fingerprint density at radius 2 is 1.95 bits per heavy atom. The third-order valence-corrected chi connectivity index (χ3v) is 3.67. The third kappa shape index (κ3) is 3.99. The van der Waals surface area contributed by atoms with Crippen LogP contribution < -0.4 is 4.74 Å². The van der Waals surface area contributed by atoms with E-state index >= 15 is 0 Å². The van der Waals surface area contributed by atoms with Crippen molar-refractivity contribution in [2.75, 3.05) is 0 Å². The zero-order chi connectivity index (χ0) is 15.4. The molecule has 0 spiro atoms. The molecule has 2 aromatic carbocycles. The standard InChI is InChI=1S/C17H16Cl2O2/c1-11-7-8-16(14(9-11)17(20)12(2)18)21-10-13-5-3-4-6-15(13)19/h3-9,12H,10H2,1-2H3. The lowest BCUT2D eigenvalue weighted by molar-refractivity contribution is 0.0987. The van der Waals surface area contributed by atoms with Crippen molar-refractivity contribution < 1.29 is 9.53 Å². The highest BCUT2D eigenvalue weighted by Gasteiger charge is 2.17. The van der Waals surface area contributed by atoms with Gasteiger partial charge in [-0.05, 0) is 32.0 Å². The number of rotatable bonds is 5. The Kier molecular flexibility index (Phi) is 5.27. The van der Waals surface area contributed by atoms with Crippen molar-refractivity contribution in [3.8, 4) is 5.75 Å². The SMILES string of the molecule is Cc1ccc(OCc2ccccc2Cl)c(C(=O)C(C)Cl)c1. The number of ether oxygens (including phenoxy) is 1. The fourth-order valence-electron chi connectivity index (χ4n) is 1.95. The zero-order valence-electron chi connectivity index (χ0n) is 11.9. The molecule has 21 heavy (non-hydrogen) atoms. The van der Waals surface area contributed by atoms with Gasteiger partial charge in [0.2, 0.25) is 0 Å². The van der Waals surface area contributed by atoms with Gasteiger partial charge in [-0.3, -0.25) is 4.79 Å². The van der Waals surface area contributed by atoms with E-state index in [2.05, 4.69) is 0 Å². The van der Waals surface area contributed by atoms with E-state index in [1.54, 1.807) is 19.1 Å². The van der Waals surface area contributed by atoms with Crippen LogP contribution in [-0.2, 0) is 6.61 Å². The maximum atomic E-state index is 12.2. The molecule has 0 amide bonds. The second-order valence-electron chi connectivity index (χ2n) is 4.86. The number of aryl methyl sites for hydroxylation is 1. The monoisotopic (exact) mass is 322 g/mol. The minimum Gasteiger partial charge on any atom is -0.488 e. The molecule has 0 aromatic heterocycles. The summed E-state index contributed by atoms with van der Waals surface area (Å²) in [7, 11) is 0. The third-order valence-electron chi connectivity index (χ3n) is 3.10. The quantitative estimate of drug-likeness (QED) is 0.569. The molecule has 0 radical (unpaired) electrons. The second kappa shape index (κ2) is 6.97. The number of hydrogen-bond acceptors (Lipinski definition) is 2. The van der Waals surface area contributed by atoms with E-state index in [9.17, 15) is 4.79 Å². The van der Waals surface area contributed by atoms with Crippen molar-refractivity contribution in [3.63, 3.8) is 0 Å². The van der Waals surface area contributed by atoms with Crippen LogP contribution in [0.1, 0.15) is 28.4 Å². The lowest BCUT2D eigenvalue weighted by atomic mass is 10.0. The van der Waals surface area contributed by atoms with Gasteiger partial charge >= 0.3 is 0 Å². The maximum Gasteiger partial charge on any atom is 0.184 e. The first-order valence-corrected chi connectivity index (χ1v) is 7.45. The fourth-order valence-corrected chi connectivity index (χ4v) is 2.26. The number of carbonyl (C=O) groups excluding carboxylic acids is 1. The van der Waals surface area contributed by atoms with Crippen molar-refractivity contribution in [2.24, 2.45) is 0 Å². The Hall–Kier alpha value is -1.51. The zero-order valence-corrected chi connectivity index (χ0v) is 13.4. The Bertz CT molecular complexity index is 651. The van der Waals surface area contributed by atoms with Crippen molar-refractivity contribution in [1.29, 1.82) is 0 Å². The highest BCUT2D eigenvalue weighted by molar-refractivity contribution is 6.34. The first-order chi connectivity index (χ1) is 9.99. The van der Waals surface area contributed by atoms with Gasteiger partial charge in [-0.1, -0.05) is 41.4 Å². The summed E-state index contributed by atoms with van der Waals surface area (Å²) in [5.74, 6) is 0.382. The lowest BCUT2D eigenvalue weighted by Gasteiger charge is -2.13. The number of carbonyl (C=O) groups is 1. The smallest absolute Gasteiger partial charge is 0.184 e. The molecule has 0 saturated carbocycles. The van der Waals surface area contributed by atoms with Crippen LogP contribution in [0.2, 0.25) is 5.02 Å². The molecule has 0 N–H and O–H groups in total. The van der Waals surface area contributed by atoms with Crippen LogP contribution in [0, 0.1) is 6.92 Å². The van der Waals surface area contributed by atoms with Gasteiger partial charge in [-0.2, -0.15) is 0 Å². The van der Waals surface area contributed by atoms with E-state index < -0.39 is 5.38 Å². The summed E-state index contributed by atoms with van der Waals surface area (Å²) in [4.78, 5) is 12.2. The fraction of sp³-hybridized carbons (Fsp3) is 0.235. The Labute approximate surface area is 134 Å². The Balaban J connectivity index is 2.24. The van der Waals surface area contributed by atoms with Gasteiger partial charge in [0.25, 0.3) is 0 Å². The number of benzene rings is 2. The molecule has 0 bridgehead atoms. The minimum atomic E-state index is -0.588. The predicted molar refractivity (Wildman–Crippen MR) is 86.6 cm³/mol. The lowest BCUT2D eigenvalue weighted by Crippen LogP contribution is -2.13. The van der Waals surface area contributed by atoms with Gasteiger partial charge < -0.3 is 4.74 Å². The first kappa shape index (κ1) is 15.9. The van der Waals surface area contributed by atoms with E-state index in [4.69, 9.17) is 27.9 Å². The van der Waals surface area contributed by atoms with Crippen LogP contribution in [0.5, 0.6) is 5.75 Å². The number of ketones is 1. The van der Waals surface area contributed by atoms with Gasteiger partial charge in [-0.25, -0.2) is 0 Å². The molecule has 2 nitrogen and oxygen atoms in total. The van der Waals surface area contributed by atoms with E-state index in [-0.39, 0.29) is 5.78 Å². The Morgan fingerprint density at radius 1 is 1.24 bits per heavy atom. The molecule has 0 aliphatic heterocycles. The molecular formula is C17H16Cl2O2. The van der Waals surface area contributed by atoms with Gasteiger partial charge in [0.05, 0.1) is 10.9 Å². The van der Waals surface area contributed by atoms with Gasteiger partial charge in [0.1, 0.15) is 12.4 Å². The van der Waals surface area contributed by atoms with Gasteiger partial charge in [-0.15, -0.1) is 11.6 Å². The summed E-state index contributed by atoms with van der Waals surface area (Å²) in [6, 6.07) is 12.9. The van der Waals surface area contributed by atoms with Gasteiger partial charge in [0.15, 0.2) is 5.78 Å². The van der Waals surface area contributed by atoms with Crippen molar-refractivity contribution >= 4 is 29.0 Å². The summed E-state index contributed by atoms with van der Waals surface area (Å²) >= 11 is 12.0. The van der Waals surface area contributed by atoms with Crippen LogP contribution in [0.15, 0.2) is 42.5 Å². The summed E-state index contributed by atoms with van der Waals surface area (Å²) < 4.78 is 5.77. The maximum absolute atomic E-state index is 12.2. The highest BCUT2D eigenvalue weighted by Crippen LogP contribution is 2.25. The number of halogens is 2. The Morgan fingerprint density at radius 3 is 2.62 bits per heavy atom. The van der Waals surface area contributed by atoms with Crippen molar-refractivity contribution in [2.45, 2.75) is 25.8 Å². The van der Waals surface area contributed by atoms with E-state index in [0.717, 1.165) is 11.1 Å². The summed E-state index contributed by atoms with van der Waals surface area (Å²) in [5.41, 5.74) is 2.36. The molecule has 0 fully saturated rings. The number of Topliss-reactive ketones (excluding diaryl/α,β-unsaturated/α-hetero) is 1. The van der Waals surface area contributed by atoms with Crippen molar-refractivity contribution in [3.05, 3.63) is 64.2 Å². The average molecular weight is 323 g/mol. The second-order valence-corrected chi connectivity index (χ2v) is 5.92. The summed E-state index contributed by atoms with van der Waals surface area (Å²) in [6.07, 6.45) is 0. The molecule has 2 aromatic rings. The molecule has 4 heteroatoms. The molecule has 2 rings (SSSR count). The van der Waals surface area contributed by atoms with E-state index in [1.807, 2.05) is 37.3 Å². The summed E-state index contributed by atoms with van der Waals surface area (Å²) in [6.45, 7) is 3.89. The number of hydrogen-bond donors (Lipinski definition) is 0. The minimum absolute atomic E-state index is 0.144. The topological polar surface area (TPSA) is 26.3 Å². The molecule has 110 valence electrons. The van der Waals surface area contributed by atoms with Gasteiger partial charge in [0, 0.05) is 10.6 Å². The molecule has 1 unspecified atom stereocenters. The predicted octanol–water partition coefficient (Wildman–Crippen LogP) is 5.04. The van der Waals surface area contributed by atoms with Crippen LogP contribution in [0.4, 0.5) is 0 Å². The van der Waals surface area contributed by atoms with Crippen LogP contribution >= 0.6 is 23.2 Å². The number of alkyl halides is 1. The summed E-state index contributed by atoms with van der Waals surface area (Å²) in [5, 5.41) is 0.0534. The van der Waals surface area contributed by atoms with Crippen LogP contribution in [0.3, 0.4) is 0 Å². The molecular weight excluding hydrogens is 307 g/mol. The highest BCUT2D eigenvalue weighted by atomic mass is 35.5. The van der Waals surface area contributed by atoms with Crippen LogP contribution in [0.25, 0.3) is 0 Å². The van der Waals surface area contributed by atoms with E-state index in [1.165, 1.54) is 0 Å². The normalized spacial score (nSPS) is 12.0. The molecule has 1 atom stereocenters. The van der Waals surface area contributed by atoms with E-state index in [0.29, 0.717) is 22.9 Å². The van der Waals surface area contributed by atoms with Crippen LogP contribution in [-0.4, -0.2) is 11.2 Å². The molecule has 0 aliphatic carbocycles. The first-order valence-electron chi connectivity index (χ1n) is 6.64. The van der Waals surface area contributed by atoms with Crippen molar-refractivity contribution in [1.82, 2.24) is 0 Å².